The number of nitrogens with zero attached hydrogens (tertiary/aromatic N) is 1. The molecule has 2 rings (SSSR count). The molecule has 4 nitrogen and oxygen atoms in total. The van der Waals surface area contributed by atoms with E-state index in [-0.39, 0.29) is 5.56 Å². The maximum absolute atomic E-state index is 10.9. The lowest BCUT2D eigenvalue weighted by Gasteiger charge is -2.39. The second-order valence-electron chi connectivity index (χ2n) is 4.20. The minimum atomic E-state index is -0.958. The highest BCUT2D eigenvalue weighted by atomic mass is 16.5. The van der Waals surface area contributed by atoms with Gasteiger partial charge in [0.2, 0.25) is 0 Å². The third-order valence-corrected chi connectivity index (χ3v) is 2.84. The van der Waals surface area contributed by atoms with Gasteiger partial charge in [-0.05, 0) is 18.1 Å². The van der Waals surface area contributed by atoms with Crippen LogP contribution in [0.25, 0.3) is 0 Å². The molecule has 1 aromatic rings. The van der Waals surface area contributed by atoms with Gasteiger partial charge in [0.25, 0.3) is 0 Å². The number of hydrogen-bond donors (Lipinski definition) is 1. The van der Waals surface area contributed by atoms with Crippen LogP contribution in [-0.2, 0) is 0 Å². The first kappa shape index (κ1) is 10.8. The van der Waals surface area contributed by atoms with Gasteiger partial charge in [-0.3, -0.25) is 0 Å². The van der Waals surface area contributed by atoms with Crippen LogP contribution in [0.3, 0.4) is 0 Å². The van der Waals surface area contributed by atoms with Crippen LogP contribution in [0.15, 0.2) is 18.2 Å². The minimum Gasteiger partial charge on any atom is -0.496 e. The lowest BCUT2D eigenvalue weighted by Crippen LogP contribution is -2.45. The highest BCUT2D eigenvalue weighted by Crippen LogP contribution is 2.29. The number of carboxylic acid groups (broad SMARTS) is 1. The van der Waals surface area contributed by atoms with Crippen molar-refractivity contribution in [2.75, 3.05) is 25.1 Å². The zero-order chi connectivity index (χ0) is 11.7. The minimum absolute atomic E-state index is 0.208. The first-order chi connectivity index (χ1) is 7.61. The molecule has 1 aromatic carbocycles. The summed E-state index contributed by atoms with van der Waals surface area (Å²) in [6.07, 6.45) is 0. The largest absolute Gasteiger partial charge is 0.496 e. The van der Waals surface area contributed by atoms with E-state index in [0.717, 1.165) is 18.8 Å². The number of benzene rings is 1. The SMILES string of the molecule is COc1cc(N2CC(C)C2)ccc1C(=O)O. The van der Waals surface area contributed by atoms with Crippen LogP contribution in [0.4, 0.5) is 5.69 Å². The first-order valence-electron chi connectivity index (χ1n) is 5.28. The Hall–Kier alpha value is -1.71. The highest BCUT2D eigenvalue weighted by molar-refractivity contribution is 5.91. The zero-order valence-corrected chi connectivity index (χ0v) is 9.43. The van der Waals surface area contributed by atoms with Crippen LogP contribution in [0.5, 0.6) is 5.75 Å². The van der Waals surface area contributed by atoms with Crippen molar-refractivity contribution in [2.24, 2.45) is 5.92 Å². The number of aromatic carboxylic acids is 1. The number of rotatable bonds is 3. The Morgan fingerprint density at radius 2 is 2.19 bits per heavy atom. The molecule has 0 amide bonds. The monoisotopic (exact) mass is 221 g/mol. The highest BCUT2D eigenvalue weighted by Gasteiger charge is 2.23. The lowest BCUT2D eigenvalue weighted by atomic mass is 10.0. The molecule has 1 fully saturated rings. The molecular weight excluding hydrogens is 206 g/mol. The summed E-state index contributed by atoms with van der Waals surface area (Å²) in [7, 11) is 1.49. The second-order valence-corrected chi connectivity index (χ2v) is 4.20. The molecule has 1 N–H and O–H groups in total. The summed E-state index contributed by atoms with van der Waals surface area (Å²) >= 11 is 0. The number of carboxylic acids is 1. The fourth-order valence-corrected chi connectivity index (χ4v) is 1.96. The Labute approximate surface area is 94.4 Å². The summed E-state index contributed by atoms with van der Waals surface area (Å²) in [6, 6.07) is 5.21. The number of methoxy groups -OCH3 is 1. The molecule has 0 atom stereocenters. The van der Waals surface area contributed by atoms with Gasteiger partial charge in [-0.2, -0.15) is 0 Å². The van der Waals surface area contributed by atoms with Gasteiger partial charge in [0, 0.05) is 24.8 Å². The summed E-state index contributed by atoms with van der Waals surface area (Å²) < 4.78 is 5.09. The van der Waals surface area contributed by atoms with E-state index in [1.165, 1.54) is 7.11 Å². The van der Waals surface area contributed by atoms with E-state index in [0.29, 0.717) is 11.7 Å². The molecule has 4 heteroatoms. The molecule has 0 aromatic heterocycles. The fraction of sp³-hybridized carbons (Fsp3) is 0.417. The molecule has 0 spiro atoms. The number of hydrogen-bond acceptors (Lipinski definition) is 3. The summed E-state index contributed by atoms with van der Waals surface area (Å²) in [6.45, 7) is 4.24. The predicted octanol–water partition coefficient (Wildman–Crippen LogP) is 1.85. The predicted molar refractivity (Wildman–Crippen MR) is 61.3 cm³/mol. The third-order valence-electron chi connectivity index (χ3n) is 2.84. The Kier molecular flexibility index (Phi) is 2.73. The van der Waals surface area contributed by atoms with E-state index >= 15 is 0 Å². The number of ether oxygens (including phenoxy) is 1. The molecule has 0 aliphatic carbocycles. The fourth-order valence-electron chi connectivity index (χ4n) is 1.96. The third kappa shape index (κ3) is 1.83. The van der Waals surface area contributed by atoms with Crippen LogP contribution in [0.1, 0.15) is 17.3 Å². The van der Waals surface area contributed by atoms with Gasteiger partial charge < -0.3 is 14.7 Å². The van der Waals surface area contributed by atoms with Gasteiger partial charge in [-0.25, -0.2) is 4.79 Å². The Morgan fingerprint density at radius 3 is 2.69 bits per heavy atom. The van der Waals surface area contributed by atoms with Crippen molar-refractivity contribution < 1.29 is 14.6 Å². The average molecular weight is 221 g/mol. The van der Waals surface area contributed by atoms with Gasteiger partial charge in [0.15, 0.2) is 0 Å². The molecule has 1 aliphatic heterocycles. The van der Waals surface area contributed by atoms with E-state index in [1.807, 2.05) is 6.07 Å². The van der Waals surface area contributed by atoms with Crippen molar-refractivity contribution >= 4 is 11.7 Å². The van der Waals surface area contributed by atoms with Gasteiger partial charge in [0.05, 0.1) is 7.11 Å². The van der Waals surface area contributed by atoms with E-state index in [1.54, 1.807) is 12.1 Å². The van der Waals surface area contributed by atoms with Crippen molar-refractivity contribution in [3.05, 3.63) is 23.8 Å². The van der Waals surface area contributed by atoms with Crippen molar-refractivity contribution in [3.8, 4) is 5.75 Å². The van der Waals surface area contributed by atoms with Crippen LogP contribution in [-0.4, -0.2) is 31.3 Å². The number of anilines is 1. The normalized spacial score (nSPS) is 15.8. The summed E-state index contributed by atoms with van der Waals surface area (Å²) in [5.41, 5.74) is 1.24. The molecule has 86 valence electrons. The summed E-state index contributed by atoms with van der Waals surface area (Å²) in [5, 5.41) is 8.95. The van der Waals surface area contributed by atoms with Crippen LogP contribution in [0.2, 0.25) is 0 Å². The van der Waals surface area contributed by atoms with E-state index in [4.69, 9.17) is 9.84 Å². The van der Waals surface area contributed by atoms with Crippen molar-refractivity contribution in [1.82, 2.24) is 0 Å². The van der Waals surface area contributed by atoms with Gasteiger partial charge >= 0.3 is 5.97 Å². The number of carbonyl (C=O) groups is 1. The maximum atomic E-state index is 10.9. The van der Waals surface area contributed by atoms with Gasteiger partial charge in [0.1, 0.15) is 11.3 Å². The van der Waals surface area contributed by atoms with E-state index < -0.39 is 5.97 Å². The smallest absolute Gasteiger partial charge is 0.339 e. The summed E-state index contributed by atoms with van der Waals surface area (Å²) in [5.74, 6) is 0.176. The Bertz CT molecular complexity index is 411. The van der Waals surface area contributed by atoms with Crippen molar-refractivity contribution in [2.45, 2.75) is 6.92 Å². The van der Waals surface area contributed by atoms with Gasteiger partial charge in [-0.1, -0.05) is 6.92 Å². The first-order valence-corrected chi connectivity index (χ1v) is 5.28. The average Bonchev–Trinajstić information content (AvgIpc) is 2.23. The van der Waals surface area contributed by atoms with Gasteiger partial charge in [-0.15, -0.1) is 0 Å². The molecule has 0 radical (unpaired) electrons. The van der Waals surface area contributed by atoms with Crippen LogP contribution >= 0.6 is 0 Å². The van der Waals surface area contributed by atoms with E-state index in [2.05, 4.69) is 11.8 Å². The molecular formula is C12H15NO3. The van der Waals surface area contributed by atoms with Crippen LogP contribution < -0.4 is 9.64 Å². The standard InChI is InChI=1S/C12H15NO3/c1-8-6-13(7-8)9-3-4-10(12(14)15)11(5-9)16-2/h3-5,8H,6-7H2,1-2H3,(H,14,15). The van der Waals surface area contributed by atoms with Crippen molar-refractivity contribution in [1.29, 1.82) is 0 Å². The van der Waals surface area contributed by atoms with E-state index in [9.17, 15) is 4.79 Å². The molecule has 0 saturated carbocycles. The maximum Gasteiger partial charge on any atom is 0.339 e. The molecule has 0 unspecified atom stereocenters. The molecule has 1 heterocycles. The van der Waals surface area contributed by atoms with Crippen molar-refractivity contribution in [3.63, 3.8) is 0 Å². The zero-order valence-electron chi connectivity index (χ0n) is 9.43. The molecule has 16 heavy (non-hydrogen) atoms. The second kappa shape index (κ2) is 4.04. The Balaban J connectivity index is 2.26. The summed E-state index contributed by atoms with van der Waals surface area (Å²) in [4.78, 5) is 13.1. The molecule has 0 bridgehead atoms. The molecule has 1 saturated heterocycles. The Morgan fingerprint density at radius 1 is 1.50 bits per heavy atom. The molecule has 1 aliphatic rings. The lowest BCUT2D eigenvalue weighted by molar-refractivity contribution is 0.0693. The quantitative estimate of drug-likeness (QED) is 0.846. The van der Waals surface area contributed by atoms with Crippen LogP contribution in [0, 0.1) is 5.92 Å². The topological polar surface area (TPSA) is 49.8 Å².